The Morgan fingerprint density at radius 1 is 1.11 bits per heavy atom. The Hall–Kier alpha value is -2.13. The second-order valence-electron chi connectivity index (χ2n) is 4.68. The average Bonchev–Trinajstić information content (AvgIpc) is 2.85. The van der Waals surface area contributed by atoms with Crippen molar-refractivity contribution >= 4 is 11.1 Å². The molecule has 1 heterocycles. The van der Waals surface area contributed by atoms with Crippen LogP contribution in [-0.4, -0.2) is 11.5 Å². The Morgan fingerprint density at radius 3 is 2.58 bits per heavy atom. The standard InChI is InChI=1S/C16H16N2O/c1-11-3-2-4-14-15(11)19-16(18-14)13-7-5-12(6-8-13)9-10-17/h2-8H,9-10,17H2,1H3. The normalized spacial score (nSPS) is 11.1. The minimum atomic E-state index is 0.668. The first-order valence-electron chi connectivity index (χ1n) is 6.43. The number of hydrogen-bond acceptors (Lipinski definition) is 3. The van der Waals surface area contributed by atoms with Gasteiger partial charge in [-0.1, -0.05) is 24.3 Å². The van der Waals surface area contributed by atoms with E-state index in [1.807, 2.05) is 37.3 Å². The molecular formula is C16H16N2O. The monoisotopic (exact) mass is 252 g/mol. The highest BCUT2D eigenvalue weighted by Gasteiger charge is 2.09. The van der Waals surface area contributed by atoms with Gasteiger partial charge in [0.1, 0.15) is 5.52 Å². The van der Waals surface area contributed by atoms with Crippen LogP contribution in [0.1, 0.15) is 11.1 Å². The number of aromatic nitrogens is 1. The Labute approximate surface area is 112 Å². The van der Waals surface area contributed by atoms with Crippen LogP contribution >= 0.6 is 0 Å². The lowest BCUT2D eigenvalue weighted by Crippen LogP contribution is -2.02. The van der Waals surface area contributed by atoms with E-state index in [0.717, 1.165) is 28.6 Å². The molecule has 0 saturated heterocycles. The average molecular weight is 252 g/mol. The molecule has 0 atom stereocenters. The van der Waals surface area contributed by atoms with Crippen molar-refractivity contribution in [2.45, 2.75) is 13.3 Å². The number of rotatable bonds is 3. The number of fused-ring (bicyclic) bond motifs is 1. The van der Waals surface area contributed by atoms with Gasteiger partial charge in [-0.25, -0.2) is 4.98 Å². The summed E-state index contributed by atoms with van der Waals surface area (Å²) in [6.45, 7) is 2.70. The lowest BCUT2D eigenvalue weighted by atomic mass is 10.1. The van der Waals surface area contributed by atoms with Crippen LogP contribution in [0.2, 0.25) is 0 Å². The van der Waals surface area contributed by atoms with Crippen LogP contribution in [0.15, 0.2) is 46.9 Å². The summed E-state index contributed by atoms with van der Waals surface area (Å²) in [7, 11) is 0. The maximum atomic E-state index is 5.85. The SMILES string of the molecule is Cc1cccc2nc(-c3ccc(CCN)cc3)oc12. The summed E-state index contributed by atoms with van der Waals surface area (Å²) in [5, 5.41) is 0. The van der Waals surface area contributed by atoms with Crippen molar-refractivity contribution < 1.29 is 4.42 Å². The molecule has 0 amide bonds. The number of para-hydroxylation sites is 1. The van der Waals surface area contributed by atoms with E-state index in [9.17, 15) is 0 Å². The molecule has 2 aromatic carbocycles. The van der Waals surface area contributed by atoms with Gasteiger partial charge < -0.3 is 10.2 Å². The van der Waals surface area contributed by atoms with Gasteiger partial charge in [-0.3, -0.25) is 0 Å². The second-order valence-corrected chi connectivity index (χ2v) is 4.68. The van der Waals surface area contributed by atoms with Crippen molar-refractivity contribution in [1.82, 2.24) is 4.98 Å². The molecule has 0 spiro atoms. The third-order valence-electron chi connectivity index (χ3n) is 3.25. The van der Waals surface area contributed by atoms with E-state index < -0.39 is 0 Å². The van der Waals surface area contributed by atoms with Crippen molar-refractivity contribution in [1.29, 1.82) is 0 Å². The van der Waals surface area contributed by atoms with Gasteiger partial charge in [-0.05, 0) is 49.2 Å². The Morgan fingerprint density at radius 2 is 1.89 bits per heavy atom. The molecule has 3 aromatic rings. The van der Waals surface area contributed by atoms with E-state index in [2.05, 4.69) is 17.1 Å². The molecule has 19 heavy (non-hydrogen) atoms. The fourth-order valence-electron chi connectivity index (χ4n) is 2.19. The summed E-state index contributed by atoms with van der Waals surface area (Å²) in [6, 6.07) is 14.2. The number of hydrogen-bond donors (Lipinski definition) is 1. The number of benzene rings is 2. The fraction of sp³-hybridized carbons (Fsp3) is 0.188. The van der Waals surface area contributed by atoms with Crippen LogP contribution in [-0.2, 0) is 6.42 Å². The zero-order valence-corrected chi connectivity index (χ0v) is 10.9. The van der Waals surface area contributed by atoms with E-state index >= 15 is 0 Å². The molecule has 2 N–H and O–H groups in total. The number of oxazole rings is 1. The van der Waals surface area contributed by atoms with Crippen LogP contribution in [0.3, 0.4) is 0 Å². The molecule has 3 heteroatoms. The Kier molecular flexibility index (Phi) is 3.05. The van der Waals surface area contributed by atoms with Gasteiger partial charge in [0.25, 0.3) is 0 Å². The molecule has 0 radical (unpaired) electrons. The Balaban J connectivity index is 2.01. The van der Waals surface area contributed by atoms with Crippen molar-refractivity contribution in [3.05, 3.63) is 53.6 Å². The van der Waals surface area contributed by atoms with Crippen molar-refractivity contribution in [2.24, 2.45) is 5.73 Å². The maximum Gasteiger partial charge on any atom is 0.227 e. The van der Waals surface area contributed by atoms with Gasteiger partial charge in [0.05, 0.1) is 0 Å². The van der Waals surface area contributed by atoms with E-state index in [1.54, 1.807) is 0 Å². The molecule has 1 aromatic heterocycles. The van der Waals surface area contributed by atoms with Crippen molar-refractivity contribution in [3.8, 4) is 11.5 Å². The zero-order valence-electron chi connectivity index (χ0n) is 10.9. The van der Waals surface area contributed by atoms with Gasteiger partial charge >= 0.3 is 0 Å². The summed E-state index contributed by atoms with van der Waals surface area (Å²) >= 11 is 0. The maximum absolute atomic E-state index is 5.85. The van der Waals surface area contributed by atoms with E-state index in [4.69, 9.17) is 10.2 Å². The molecule has 0 bridgehead atoms. The minimum Gasteiger partial charge on any atom is -0.436 e. The first kappa shape index (κ1) is 11.9. The predicted molar refractivity (Wildman–Crippen MR) is 76.9 cm³/mol. The summed E-state index contributed by atoms with van der Waals surface area (Å²) in [6.07, 6.45) is 0.896. The first-order chi connectivity index (χ1) is 9.28. The van der Waals surface area contributed by atoms with Crippen LogP contribution in [0, 0.1) is 6.92 Å². The third kappa shape index (κ3) is 2.25. The highest BCUT2D eigenvalue weighted by atomic mass is 16.3. The fourth-order valence-corrected chi connectivity index (χ4v) is 2.19. The minimum absolute atomic E-state index is 0.668. The smallest absolute Gasteiger partial charge is 0.227 e. The molecule has 0 fully saturated rings. The lowest BCUT2D eigenvalue weighted by Gasteiger charge is -1.99. The summed E-state index contributed by atoms with van der Waals surface area (Å²) in [5.41, 5.74) is 10.7. The molecule has 0 aliphatic heterocycles. The van der Waals surface area contributed by atoms with Crippen LogP contribution < -0.4 is 5.73 Å². The molecule has 0 aliphatic carbocycles. The van der Waals surface area contributed by atoms with Crippen LogP contribution in [0.4, 0.5) is 0 Å². The van der Waals surface area contributed by atoms with Crippen molar-refractivity contribution in [2.75, 3.05) is 6.54 Å². The van der Waals surface area contributed by atoms with Crippen LogP contribution in [0.25, 0.3) is 22.6 Å². The number of aryl methyl sites for hydroxylation is 1. The highest BCUT2D eigenvalue weighted by molar-refractivity contribution is 5.79. The number of nitrogens with two attached hydrogens (primary N) is 1. The number of nitrogens with zero attached hydrogens (tertiary/aromatic N) is 1. The molecular weight excluding hydrogens is 236 g/mol. The molecule has 3 nitrogen and oxygen atoms in total. The molecule has 0 unspecified atom stereocenters. The largest absolute Gasteiger partial charge is 0.436 e. The van der Waals surface area contributed by atoms with E-state index in [0.29, 0.717) is 12.4 Å². The lowest BCUT2D eigenvalue weighted by molar-refractivity contribution is 0.617. The summed E-state index contributed by atoms with van der Waals surface area (Å²) in [4.78, 5) is 4.53. The second kappa shape index (κ2) is 4.86. The highest BCUT2D eigenvalue weighted by Crippen LogP contribution is 2.26. The molecule has 0 saturated carbocycles. The van der Waals surface area contributed by atoms with Crippen molar-refractivity contribution in [3.63, 3.8) is 0 Å². The molecule has 96 valence electrons. The topological polar surface area (TPSA) is 52.0 Å². The molecule has 0 aliphatic rings. The first-order valence-corrected chi connectivity index (χ1v) is 6.43. The Bertz CT molecular complexity index is 698. The summed E-state index contributed by atoms with van der Waals surface area (Å²) in [5.74, 6) is 0.670. The van der Waals surface area contributed by atoms with Gasteiger partial charge in [0, 0.05) is 5.56 Å². The molecule has 3 rings (SSSR count). The third-order valence-corrected chi connectivity index (χ3v) is 3.25. The predicted octanol–water partition coefficient (Wildman–Crippen LogP) is 3.30. The van der Waals surface area contributed by atoms with Gasteiger partial charge in [-0.2, -0.15) is 0 Å². The summed E-state index contributed by atoms with van der Waals surface area (Å²) < 4.78 is 5.85. The van der Waals surface area contributed by atoms with Gasteiger partial charge in [-0.15, -0.1) is 0 Å². The van der Waals surface area contributed by atoms with E-state index in [-0.39, 0.29) is 0 Å². The van der Waals surface area contributed by atoms with Gasteiger partial charge in [0.15, 0.2) is 5.58 Å². The van der Waals surface area contributed by atoms with Gasteiger partial charge in [0.2, 0.25) is 5.89 Å². The quantitative estimate of drug-likeness (QED) is 0.778. The van der Waals surface area contributed by atoms with E-state index in [1.165, 1.54) is 5.56 Å². The zero-order chi connectivity index (χ0) is 13.2. The van der Waals surface area contributed by atoms with Crippen LogP contribution in [0.5, 0.6) is 0 Å².